The third kappa shape index (κ3) is 1.00. The van der Waals surface area contributed by atoms with Gasteiger partial charge in [-0.2, -0.15) is 0 Å². The van der Waals surface area contributed by atoms with E-state index in [1.807, 2.05) is 0 Å². The topological polar surface area (TPSA) is 15.3 Å². The highest BCUT2D eigenvalue weighted by molar-refractivity contribution is 14.1. The van der Waals surface area contributed by atoms with Gasteiger partial charge in [-0.25, -0.2) is 3.11 Å². The minimum absolute atomic E-state index is 0.593. The molecule has 3 unspecified atom stereocenters. The highest BCUT2D eigenvalue weighted by atomic mass is 127. The first kappa shape index (κ1) is 7.06. The van der Waals surface area contributed by atoms with Crippen molar-refractivity contribution >= 4 is 22.9 Å². The predicted molar refractivity (Wildman–Crippen MR) is 50.0 cm³/mol. The summed E-state index contributed by atoms with van der Waals surface area (Å²) >= 11 is 2.41. The van der Waals surface area contributed by atoms with Crippen molar-refractivity contribution in [1.29, 1.82) is 0 Å². The van der Waals surface area contributed by atoms with Crippen LogP contribution in [0.15, 0.2) is 12.2 Å². The van der Waals surface area contributed by atoms with Crippen LogP contribution in [0.3, 0.4) is 0 Å². The molecule has 0 aromatic heterocycles. The van der Waals surface area contributed by atoms with Crippen LogP contribution in [0, 0.1) is 0 Å². The molecule has 2 bridgehead atoms. The molecule has 2 heterocycles. The standard InChI is InChI=1S/C7H11IN2/c1-5-7-3-2-6(9-7)4-10(5)8/h2-3,5-7,9H,4H2,1H3. The molecule has 0 aromatic rings. The van der Waals surface area contributed by atoms with Gasteiger partial charge in [0.25, 0.3) is 0 Å². The molecule has 0 aliphatic carbocycles. The summed E-state index contributed by atoms with van der Waals surface area (Å²) in [6.45, 7) is 3.41. The Morgan fingerprint density at radius 2 is 2.40 bits per heavy atom. The molecular weight excluding hydrogens is 239 g/mol. The summed E-state index contributed by atoms with van der Waals surface area (Å²) in [6, 6.07) is 1.85. The van der Waals surface area contributed by atoms with Crippen LogP contribution in [-0.4, -0.2) is 27.8 Å². The fraction of sp³-hybridized carbons (Fsp3) is 0.714. The summed E-state index contributed by atoms with van der Waals surface area (Å²) in [4.78, 5) is 0. The average molecular weight is 250 g/mol. The van der Waals surface area contributed by atoms with Crippen molar-refractivity contribution in [3.05, 3.63) is 12.2 Å². The second-order valence-corrected chi connectivity index (χ2v) is 4.25. The minimum atomic E-state index is 0.593. The van der Waals surface area contributed by atoms with E-state index in [1.54, 1.807) is 0 Å². The lowest BCUT2D eigenvalue weighted by atomic mass is 10.1. The molecule has 2 rings (SSSR count). The zero-order chi connectivity index (χ0) is 7.14. The number of piperazine rings is 1. The van der Waals surface area contributed by atoms with Crippen molar-refractivity contribution < 1.29 is 0 Å². The van der Waals surface area contributed by atoms with Gasteiger partial charge in [0.2, 0.25) is 0 Å². The molecule has 0 amide bonds. The number of nitrogens with zero attached hydrogens (tertiary/aromatic N) is 1. The number of halogens is 1. The van der Waals surface area contributed by atoms with Crippen molar-refractivity contribution in [3.63, 3.8) is 0 Å². The van der Waals surface area contributed by atoms with Gasteiger partial charge in [-0.05, 0) is 6.92 Å². The Morgan fingerprint density at radius 1 is 1.60 bits per heavy atom. The van der Waals surface area contributed by atoms with Gasteiger partial charge >= 0.3 is 0 Å². The van der Waals surface area contributed by atoms with Crippen LogP contribution in [0.2, 0.25) is 0 Å². The molecule has 3 heteroatoms. The van der Waals surface area contributed by atoms with E-state index in [0.29, 0.717) is 18.1 Å². The van der Waals surface area contributed by atoms with Crippen LogP contribution >= 0.6 is 22.9 Å². The molecule has 1 saturated heterocycles. The zero-order valence-electron chi connectivity index (χ0n) is 5.92. The third-order valence-electron chi connectivity index (χ3n) is 2.29. The monoisotopic (exact) mass is 250 g/mol. The first-order chi connectivity index (χ1) is 4.77. The van der Waals surface area contributed by atoms with E-state index in [1.165, 1.54) is 0 Å². The van der Waals surface area contributed by atoms with Crippen LogP contribution in [0.4, 0.5) is 0 Å². The van der Waals surface area contributed by atoms with Crippen LogP contribution in [-0.2, 0) is 0 Å². The summed E-state index contributed by atoms with van der Waals surface area (Å²) in [7, 11) is 0. The second-order valence-electron chi connectivity index (χ2n) is 3.01. The summed E-state index contributed by atoms with van der Waals surface area (Å²) < 4.78 is 2.38. The van der Waals surface area contributed by atoms with Gasteiger partial charge in [0.1, 0.15) is 0 Å². The van der Waals surface area contributed by atoms with E-state index in [9.17, 15) is 0 Å². The summed E-state index contributed by atoms with van der Waals surface area (Å²) in [5, 5.41) is 3.51. The Hall–Kier alpha value is 0.390. The number of nitrogens with one attached hydrogen (secondary N) is 1. The second kappa shape index (κ2) is 2.46. The fourth-order valence-electron chi connectivity index (χ4n) is 1.55. The predicted octanol–water partition coefficient (Wildman–Crippen LogP) is 0.937. The normalized spacial score (nSPS) is 46.4. The van der Waals surface area contributed by atoms with E-state index in [4.69, 9.17) is 0 Å². The van der Waals surface area contributed by atoms with Gasteiger partial charge in [0.05, 0.1) is 0 Å². The largest absolute Gasteiger partial charge is 0.302 e. The summed E-state index contributed by atoms with van der Waals surface area (Å²) in [5.74, 6) is 0. The Balaban J connectivity index is 2.16. The fourth-order valence-corrected chi connectivity index (χ4v) is 2.33. The highest BCUT2D eigenvalue weighted by Crippen LogP contribution is 2.22. The SMILES string of the molecule is CC1C2C=CC(CN1I)N2. The minimum Gasteiger partial charge on any atom is -0.302 e. The molecule has 0 spiro atoms. The summed E-state index contributed by atoms with van der Waals surface area (Å²) in [5.41, 5.74) is 0. The van der Waals surface area contributed by atoms with Crippen LogP contribution < -0.4 is 5.32 Å². The van der Waals surface area contributed by atoms with Crippen LogP contribution in [0.1, 0.15) is 6.92 Å². The summed E-state index contributed by atoms with van der Waals surface area (Å²) in [6.07, 6.45) is 4.56. The van der Waals surface area contributed by atoms with E-state index in [-0.39, 0.29) is 0 Å². The molecule has 0 aromatic carbocycles. The number of hydrogen-bond acceptors (Lipinski definition) is 2. The van der Waals surface area contributed by atoms with Crippen molar-refractivity contribution in [3.8, 4) is 0 Å². The molecule has 2 aliphatic heterocycles. The number of hydrogen-bond donors (Lipinski definition) is 1. The van der Waals surface area contributed by atoms with Crippen molar-refractivity contribution in [2.24, 2.45) is 0 Å². The Morgan fingerprint density at radius 3 is 3.20 bits per heavy atom. The zero-order valence-corrected chi connectivity index (χ0v) is 8.08. The molecule has 2 aliphatic rings. The molecule has 1 fully saturated rings. The maximum Gasteiger partial charge on any atom is 0.0418 e. The van der Waals surface area contributed by atoms with E-state index in [0.717, 1.165) is 6.54 Å². The van der Waals surface area contributed by atoms with Crippen molar-refractivity contribution in [2.75, 3.05) is 6.54 Å². The first-order valence-corrected chi connectivity index (χ1v) is 4.60. The quantitative estimate of drug-likeness (QED) is 0.391. The molecule has 10 heavy (non-hydrogen) atoms. The van der Waals surface area contributed by atoms with Crippen LogP contribution in [0.25, 0.3) is 0 Å². The van der Waals surface area contributed by atoms with E-state index in [2.05, 4.69) is 50.4 Å². The molecule has 3 atom stereocenters. The van der Waals surface area contributed by atoms with Gasteiger partial charge < -0.3 is 5.32 Å². The van der Waals surface area contributed by atoms with Gasteiger partial charge in [-0.1, -0.05) is 12.2 Å². The molecule has 0 radical (unpaired) electrons. The van der Waals surface area contributed by atoms with Gasteiger partial charge in [-0.15, -0.1) is 0 Å². The molecular formula is C7H11IN2. The Labute approximate surface area is 75.2 Å². The average Bonchev–Trinajstić information content (AvgIpc) is 2.29. The van der Waals surface area contributed by atoms with Crippen molar-refractivity contribution in [1.82, 2.24) is 8.43 Å². The lowest BCUT2D eigenvalue weighted by molar-refractivity contribution is 0.276. The number of rotatable bonds is 0. The highest BCUT2D eigenvalue weighted by Gasteiger charge is 2.32. The van der Waals surface area contributed by atoms with Crippen LogP contribution in [0.5, 0.6) is 0 Å². The lowest BCUT2D eigenvalue weighted by Gasteiger charge is -2.34. The smallest absolute Gasteiger partial charge is 0.0418 e. The van der Waals surface area contributed by atoms with Gasteiger partial charge in [-0.3, -0.25) is 0 Å². The van der Waals surface area contributed by atoms with Gasteiger partial charge in [0.15, 0.2) is 0 Å². The maximum absolute atomic E-state index is 3.51. The number of fused-ring (bicyclic) bond motifs is 2. The van der Waals surface area contributed by atoms with Gasteiger partial charge in [0, 0.05) is 47.5 Å². The van der Waals surface area contributed by atoms with E-state index >= 15 is 0 Å². The maximum atomic E-state index is 3.51. The van der Waals surface area contributed by atoms with E-state index < -0.39 is 0 Å². The Bertz CT molecular complexity index is 169. The first-order valence-electron chi connectivity index (χ1n) is 3.64. The Kier molecular flexibility index (Phi) is 1.74. The van der Waals surface area contributed by atoms with Crippen molar-refractivity contribution in [2.45, 2.75) is 25.0 Å². The molecule has 0 saturated carbocycles. The lowest BCUT2D eigenvalue weighted by Crippen LogP contribution is -2.53. The molecule has 2 nitrogen and oxygen atoms in total. The molecule has 1 N–H and O–H groups in total. The molecule has 56 valence electrons. The third-order valence-corrected chi connectivity index (χ3v) is 3.56.